The van der Waals surface area contributed by atoms with Gasteiger partial charge in [-0.05, 0) is 78.5 Å². The molecule has 1 aromatic heterocycles. The van der Waals surface area contributed by atoms with Crippen molar-refractivity contribution < 1.29 is 3.79 Å². The second-order valence-corrected chi connectivity index (χ2v) is 10.2. The summed E-state index contributed by atoms with van der Waals surface area (Å²) in [5.74, 6) is 0.839. The highest BCUT2D eigenvalue weighted by molar-refractivity contribution is 6.23. The van der Waals surface area contributed by atoms with Gasteiger partial charge in [0.05, 0.1) is 0 Å². The number of benzene rings is 7. The van der Waals surface area contributed by atoms with Crippen molar-refractivity contribution in [2.24, 2.45) is 0 Å². The Morgan fingerprint density at radius 3 is 1.27 bits per heavy atom. The molecule has 2 nitrogen and oxygen atoms in total. The predicted molar refractivity (Wildman–Crippen MR) is 171 cm³/mol. The van der Waals surface area contributed by atoms with E-state index in [1.165, 1.54) is 70.8 Å². The Labute approximate surface area is 241 Å². The van der Waals surface area contributed by atoms with Gasteiger partial charge in [-0.2, -0.15) is 0 Å². The number of rotatable bonds is 2. The average Bonchev–Trinajstić information content (AvgIpc) is 3.02. The minimum Gasteiger partial charge on any atom is -0.649 e. The lowest BCUT2D eigenvalue weighted by atomic mass is 9.86. The molecule has 0 aliphatic carbocycles. The van der Waals surface area contributed by atoms with Crippen molar-refractivity contribution >= 4 is 70.6 Å². The molecule has 8 aromatic rings. The van der Waals surface area contributed by atoms with Gasteiger partial charge in [-0.15, -0.1) is 0 Å². The third-order valence-electron chi connectivity index (χ3n) is 7.54. The Bertz CT molecular complexity index is 1940. The molecule has 0 saturated carbocycles. The maximum Gasteiger partial charge on any atom is 0.494 e. The molecule has 0 bridgehead atoms. The Hall–Kier alpha value is -4.68. The number of hydrogen-bond donors (Lipinski definition) is 0. The Balaban J connectivity index is 0.000000185. The largest absolute Gasteiger partial charge is 0.649 e. The highest BCUT2D eigenvalue weighted by Gasteiger charge is 2.15. The van der Waals surface area contributed by atoms with Gasteiger partial charge in [-0.25, -0.2) is 0 Å². The van der Waals surface area contributed by atoms with E-state index >= 15 is 0 Å². The highest BCUT2D eigenvalue weighted by atomic mass is 27.1. The normalized spacial score (nSPS) is 11.1. The summed E-state index contributed by atoms with van der Waals surface area (Å²) in [6.45, 7) is 0. The average molecular weight is 527 g/mol. The van der Waals surface area contributed by atoms with E-state index in [0.717, 1.165) is 16.7 Å². The molecule has 1 heterocycles. The standard InChI is InChI=1S/C28H18.C9H7NO.Al.H/c1-5-13-23-19(9-1)17-20-10-2-6-14-24(20)27(23)28-25-15-7-3-11-21(25)18-22-12-4-8-16-26(22)28;11-8-5-1-3-7-4-2-6-10-9(7)8;;/h1-18H;1-6,11H;;/q;;+1;/p-1. The van der Waals surface area contributed by atoms with E-state index in [2.05, 4.69) is 114 Å². The van der Waals surface area contributed by atoms with Crippen molar-refractivity contribution in [3.8, 4) is 16.9 Å². The molecule has 1 radical (unpaired) electrons. The van der Waals surface area contributed by atoms with Gasteiger partial charge in [-0.3, -0.25) is 4.98 Å². The van der Waals surface area contributed by atoms with Gasteiger partial charge in [-0.1, -0.05) is 115 Å². The van der Waals surface area contributed by atoms with Crippen molar-refractivity contribution in [2.75, 3.05) is 0 Å². The SMILES string of the molecule is [AlH][O]c1cccc2cccnc12.c1ccc2c(-c3c4ccccc4cc4ccccc34)c3ccccc3cc2c1. The lowest BCUT2D eigenvalue weighted by Gasteiger charge is -2.17. The van der Waals surface area contributed by atoms with Gasteiger partial charge in [0.25, 0.3) is 0 Å². The van der Waals surface area contributed by atoms with Crippen molar-refractivity contribution in [3.63, 3.8) is 0 Å². The second kappa shape index (κ2) is 10.5. The number of pyridine rings is 1. The van der Waals surface area contributed by atoms with Crippen LogP contribution >= 0.6 is 0 Å². The molecular weight excluding hydrogens is 501 g/mol. The number of nitrogens with zero attached hydrogens (tertiary/aromatic N) is 1. The first-order chi connectivity index (χ1) is 19.8. The molecule has 0 amide bonds. The van der Waals surface area contributed by atoms with E-state index in [1.807, 2.05) is 30.3 Å². The molecule has 0 saturated heterocycles. The van der Waals surface area contributed by atoms with Crippen LogP contribution in [-0.2, 0) is 0 Å². The van der Waals surface area contributed by atoms with Crippen molar-refractivity contribution in [3.05, 3.63) is 146 Å². The van der Waals surface area contributed by atoms with E-state index in [4.69, 9.17) is 3.79 Å². The summed E-state index contributed by atoms with van der Waals surface area (Å²) in [4.78, 5) is 4.23. The van der Waals surface area contributed by atoms with Gasteiger partial charge in [0.15, 0.2) is 0 Å². The van der Waals surface area contributed by atoms with E-state index in [9.17, 15) is 0 Å². The smallest absolute Gasteiger partial charge is 0.494 e. The molecule has 0 spiro atoms. The van der Waals surface area contributed by atoms with Gasteiger partial charge >= 0.3 is 16.6 Å². The summed E-state index contributed by atoms with van der Waals surface area (Å²) in [7, 11) is 0. The van der Waals surface area contributed by atoms with Crippen LogP contribution < -0.4 is 3.79 Å². The zero-order valence-corrected chi connectivity index (χ0v) is 23.3. The number of hydrogen-bond acceptors (Lipinski definition) is 2. The zero-order valence-electron chi connectivity index (χ0n) is 21.9. The molecular formula is C37H25AlNO. The molecule has 0 aliphatic rings. The van der Waals surface area contributed by atoms with Crippen LogP contribution in [0.4, 0.5) is 0 Å². The number of para-hydroxylation sites is 1. The molecule has 7 aromatic carbocycles. The van der Waals surface area contributed by atoms with Crippen molar-refractivity contribution in [2.45, 2.75) is 0 Å². The van der Waals surface area contributed by atoms with Gasteiger partial charge < -0.3 is 3.79 Å². The van der Waals surface area contributed by atoms with Crippen LogP contribution in [0.2, 0.25) is 0 Å². The Morgan fingerprint density at radius 1 is 0.425 bits per heavy atom. The number of aromatic nitrogens is 1. The summed E-state index contributed by atoms with van der Waals surface area (Å²) < 4.78 is 5.19. The summed E-state index contributed by atoms with van der Waals surface area (Å²) in [5.41, 5.74) is 3.60. The minimum atomic E-state index is 0.839. The summed E-state index contributed by atoms with van der Waals surface area (Å²) in [6, 6.07) is 49.5. The fourth-order valence-electron chi connectivity index (χ4n) is 5.76. The van der Waals surface area contributed by atoms with Crippen molar-refractivity contribution in [1.82, 2.24) is 4.98 Å². The first-order valence-electron chi connectivity index (χ1n) is 13.4. The fraction of sp³-hybridized carbons (Fsp3) is 0. The third kappa shape index (κ3) is 4.27. The van der Waals surface area contributed by atoms with Crippen LogP contribution in [0.3, 0.4) is 0 Å². The first-order valence-corrected chi connectivity index (χ1v) is 14.0. The zero-order chi connectivity index (χ0) is 26.9. The lowest BCUT2D eigenvalue weighted by molar-refractivity contribution is 0.622. The topological polar surface area (TPSA) is 22.1 Å². The van der Waals surface area contributed by atoms with Gasteiger partial charge in [0.2, 0.25) is 0 Å². The van der Waals surface area contributed by atoms with Crippen molar-refractivity contribution in [1.29, 1.82) is 0 Å². The Kier molecular flexibility index (Phi) is 6.38. The quantitative estimate of drug-likeness (QED) is 0.165. The fourth-order valence-corrected chi connectivity index (χ4v) is 5.99. The van der Waals surface area contributed by atoms with E-state index < -0.39 is 0 Å². The molecule has 0 aliphatic heterocycles. The lowest BCUT2D eigenvalue weighted by Crippen LogP contribution is -1.89. The van der Waals surface area contributed by atoms with Crippen LogP contribution in [0.1, 0.15) is 0 Å². The molecule has 0 atom stereocenters. The Morgan fingerprint density at radius 2 is 0.825 bits per heavy atom. The van der Waals surface area contributed by atoms with Crippen LogP contribution in [0.25, 0.3) is 65.1 Å². The predicted octanol–water partition coefficient (Wildman–Crippen LogP) is 9.40. The minimum absolute atomic E-state index is 0.839. The second-order valence-electron chi connectivity index (χ2n) is 9.86. The molecule has 0 fully saturated rings. The maximum absolute atomic E-state index is 5.19. The molecule has 8 rings (SSSR count). The number of fused-ring (bicyclic) bond motifs is 5. The first kappa shape index (κ1) is 24.4. The maximum atomic E-state index is 5.19. The van der Waals surface area contributed by atoms with Crippen LogP contribution in [0.15, 0.2) is 146 Å². The van der Waals surface area contributed by atoms with Crippen LogP contribution in [0.5, 0.6) is 5.75 Å². The molecule has 187 valence electrons. The molecule has 40 heavy (non-hydrogen) atoms. The van der Waals surface area contributed by atoms with Crippen LogP contribution in [0, 0.1) is 0 Å². The van der Waals surface area contributed by atoms with Gasteiger partial charge in [0.1, 0.15) is 11.3 Å². The third-order valence-corrected chi connectivity index (χ3v) is 7.85. The van der Waals surface area contributed by atoms with Gasteiger partial charge in [0, 0.05) is 11.6 Å². The molecule has 0 unspecified atom stereocenters. The molecule has 0 N–H and O–H groups in total. The van der Waals surface area contributed by atoms with Crippen LogP contribution in [-0.4, -0.2) is 21.6 Å². The van der Waals surface area contributed by atoms with E-state index in [0.29, 0.717) is 0 Å². The summed E-state index contributed by atoms with van der Waals surface area (Å²) in [6.07, 6.45) is 1.77. The summed E-state index contributed by atoms with van der Waals surface area (Å²) >= 11 is 1.47. The summed E-state index contributed by atoms with van der Waals surface area (Å²) in [5, 5.41) is 11.5. The molecule has 3 heteroatoms. The van der Waals surface area contributed by atoms with E-state index in [1.54, 1.807) is 6.20 Å². The van der Waals surface area contributed by atoms with E-state index in [-0.39, 0.29) is 0 Å². The monoisotopic (exact) mass is 526 g/mol. The highest BCUT2D eigenvalue weighted by Crippen LogP contribution is 2.43.